The molecule has 0 aliphatic rings. The van der Waals surface area contributed by atoms with Crippen LogP contribution in [-0.2, 0) is 27.3 Å². The van der Waals surface area contributed by atoms with Crippen LogP contribution in [0.5, 0.6) is 0 Å². The zero-order chi connectivity index (χ0) is 19.9. The third kappa shape index (κ3) is 6.49. The normalized spacial score (nSPS) is 12.3. The van der Waals surface area contributed by atoms with Crippen molar-refractivity contribution in [1.82, 2.24) is 9.88 Å². The fourth-order valence-electron chi connectivity index (χ4n) is 2.68. The zero-order valence-corrected chi connectivity index (χ0v) is 16.1. The summed E-state index contributed by atoms with van der Waals surface area (Å²) in [5.41, 5.74) is 6.58. The van der Waals surface area contributed by atoms with Crippen LogP contribution < -0.4 is 5.73 Å². The van der Waals surface area contributed by atoms with E-state index in [1.54, 1.807) is 33.0 Å². The number of hydrogen-bond acceptors (Lipinski definition) is 5. The van der Waals surface area contributed by atoms with Gasteiger partial charge in [0.2, 0.25) is 5.91 Å². The highest BCUT2D eigenvalue weighted by Crippen LogP contribution is 2.18. The standard InChI is InChI=1S/C21H27N3O3/c1-21(2,3)27-20(26)18(13-16-9-5-4-6-10-16)24(19(25)14-22)15-17-11-7-8-12-23-17/h4-12,18H,13-15,22H2,1-3H3/t18-/m0/s1. The first-order valence-electron chi connectivity index (χ1n) is 8.96. The Hall–Kier alpha value is -2.73. The summed E-state index contributed by atoms with van der Waals surface area (Å²) in [6.07, 6.45) is 1.99. The molecule has 1 amide bonds. The fourth-order valence-corrected chi connectivity index (χ4v) is 2.68. The molecule has 0 aliphatic heterocycles. The molecule has 2 N–H and O–H groups in total. The number of carbonyl (C=O) groups excluding carboxylic acids is 2. The summed E-state index contributed by atoms with van der Waals surface area (Å²) in [4.78, 5) is 31.3. The monoisotopic (exact) mass is 369 g/mol. The number of carbonyl (C=O) groups is 2. The minimum atomic E-state index is -0.787. The predicted molar refractivity (Wildman–Crippen MR) is 104 cm³/mol. The minimum Gasteiger partial charge on any atom is -0.458 e. The summed E-state index contributed by atoms with van der Waals surface area (Å²) in [6, 6.07) is 14.2. The number of hydrogen-bond donors (Lipinski definition) is 1. The molecule has 0 unspecified atom stereocenters. The van der Waals surface area contributed by atoms with Crippen molar-refractivity contribution in [3.05, 3.63) is 66.0 Å². The number of amides is 1. The first-order valence-corrected chi connectivity index (χ1v) is 8.96. The van der Waals surface area contributed by atoms with Crippen LogP contribution in [0.1, 0.15) is 32.0 Å². The van der Waals surface area contributed by atoms with Crippen LogP contribution in [0.4, 0.5) is 0 Å². The molecule has 27 heavy (non-hydrogen) atoms. The van der Waals surface area contributed by atoms with Gasteiger partial charge in [-0.1, -0.05) is 36.4 Å². The summed E-state index contributed by atoms with van der Waals surface area (Å²) < 4.78 is 5.59. The lowest BCUT2D eigenvalue weighted by atomic mass is 10.0. The Morgan fingerprint density at radius 1 is 1.11 bits per heavy atom. The molecule has 2 rings (SSSR count). The molecule has 6 heteroatoms. The minimum absolute atomic E-state index is 0.188. The number of rotatable bonds is 7. The van der Waals surface area contributed by atoms with Gasteiger partial charge in [0.25, 0.3) is 0 Å². The van der Waals surface area contributed by atoms with Crippen LogP contribution in [0.3, 0.4) is 0 Å². The molecule has 1 aromatic heterocycles. The summed E-state index contributed by atoms with van der Waals surface area (Å²) in [6.45, 7) is 5.41. The molecule has 144 valence electrons. The second kappa shape index (κ2) is 9.28. The van der Waals surface area contributed by atoms with Gasteiger partial charge in [0, 0.05) is 12.6 Å². The zero-order valence-electron chi connectivity index (χ0n) is 16.1. The number of aromatic nitrogens is 1. The molecule has 1 aromatic carbocycles. The predicted octanol–water partition coefficient (Wildman–Crippen LogP) is 2.32. The molecule has 0 saturated heterocycles. The van der Waals surface area contributed by atoms with Gasteiger partial charge in [-0.05, 0) is 38.5 Å². The molecular formula is C21H27N3O3. The van der Waals surface area contributed by atoms with E-state index in [1.165, 1.54) is 4.90 Å². The van der Waals surface area contributed by atoms with E-state index in [9.17, 15) is 9.59 Å². The summed E-state index contributed by atoms with van der Waals surface area (Å²) in [5.74, 6) is -0.781. The van der Waals surface area contributed by atoms with Crippen molar-refractivity contribution in [2.24, 2.45) is 5.73 Å². The third-order valence-corrected chi connectivity index (χ3v) is 3.88. The van der Waals surface area contributed by atoms with Crippen LogP contribution >= 0.6 is 0 Å². The maximum atomic E-state index is 12.9. The lowest BCUT2D eigenvalue weighted by molar-refractivity contribution is -0.165. The van der Waals surface area contributed by atoms with Crippen LogP contribution in [0.25, 0.3) is 0 Å². The lowest BCUT2D eigenvalue weighted by Crippen LogP contribution is -2.50. The van der Waals surface area contributed by atoms with Crippen molar-refractivity contribution in [1.29, 1.82) is 0 Å². The number of benzene rings is 1. The Morgan fingerprint density at radius 3 is 2.33 bits per heavy atom. The van der Waals surface area contributed by atoms with E-state index < -0.39 is 17.6 Å². The lowest BCUT2D eigenvalue weighted by Gasteiger charge is -2.32. The topological polar surface area (TPSA) is 85.5 Å². The molecule has 0 aliphatic carbocycles. The highest BCUT2D eigenvalue weighted by molar-refractivity contribution is 5.86. The van der Waals surface area contributed by atoms with Gasteiger partial charge >= 0.3 is 5.97 Å². The van der Waals surface area contributed by atoms with Crippen molar-refractivity contribution in [2.45, 2.75) is 45.4 Å². The number of ether oxygens (including phenoxy) is 1. The number of nitrogens with zero attached hydrogens (tertiary/aromatic N) is 2. The summed E-state index contributed by atoms with van der Waals surface area (Å²) in [5, 5.41) is 0. The van der Waals surface area contributed by atoms with Crippen LogP contribution in [0, 0.1) is 0 Å². The number of esters is 1. The number of pyridine rings is 1. The van der Waals surface area contributed by atoms with E-state index >= 15 is 0 Å². The number of nitrogens with two attached hydrogens (primary N) is 1. The first-order chi connectivity index (χ1) is 12.8. The van der Waals surface area contributed by atoms with E-state index in [4.69, 9.17) is 10.5 Å². The second-order valence-electron chi connectivity index (χ2n) is 7.29. The van der Waals surface area contributed by atoms with E-state index in [0.717, 1.165) is 5.56 Å². The largest absolute Gasteiger partial charge is 0.458 e. The Labute approximate surface area is 160 Å². The quantitative estimate of drug-likeness (QED) is 0.757. The molecule has 0 spiro atoms. The van der Waals surface area contributed by atoms with Crippen molar-refractivity contribution < 1.29 is 14.3 Å². The molecule has 2 aromatic rings. The average molecular weight is 369 g/mol. The second-order valence-corrected chi connectivity index (χ2v) is 7.29. The van der Waals surface area contributed by atoms with Crippen molar-refractivity contribution in [2.75, 3.05) is 6.54 Å². The Kier molecular flexibility index (Phi) is 7.07. The molecule has 1 atom stereocenters. The van der Waals surface area contributed by atoms with Crippen molar-refractivity contribution in [3.8, 4) is 0 Å². The summed E-state index contributed by atoms with van der Waals surface area (Å²) >= 11 is 0. The maximum absolute atomic E-state index is 12.9. The first kappa shape index (κ1) is 20.6. The van der Waals surface area contributed by atoms with Gasteiger partial charge in [-0.25, -0.2) is 4.79 Å². The average Bonchev–Trinajstić information content (AvgIpc) is 2.64. The molecule has 0 bridgehead atoms. The molecule has 1 heterocycles. The molecule has 0 radical (unpaired) electrons. The molecule has 0 fully saturated rings. The highest BCUT2D eigenvalue weighted by atomic mass is 16.6. The fraction of sp³-hybridized carbons (Fsp3) is 0.381. The van der Waals surface area contributed by atoms with Gasteiger partial charge < -0.3 is 15.4 Å². The van der Waals surface area contributed by atoms with Gasteiger partial charge in [-0.15, -0.1) is 0 Å². The van der Waals surface area contributed by atoms with Crippen LogP contribution in [0.2, 0.25) is 0 Å². The van der Waals surface area contributed by atoms with E-state index in [0.29, 0.717) is 12.1 Å². The maximum Gasteiger partial charge on any atom is 0.329 e. The van der Waals surface area contributed by atoms with Gasteiger partial charge in [-0.2, -0.15) is 0 Å². The Balaban J connectivity index is 2.35. The van der Waals surface area contributed by atoms with E-state index in [-0.39, 0.29) is 19.0 Å². The smallest absolute Gasteiger partial charge is 0.329 e. The Morgan fingerprint density at radius 2 is 1.78 bits per heavy atom. The van der Waals surface area contributed by atoms with E-state index in [2.05, 4.69) is 4.98 Å². The Bertz CT molecular complexity index is 742. The third-order valence-electron chi connectivity index (χ3n) is 3.88. The van der Waals surface area contributed by atoms with Gasteiger partial charge in [0.1, 0.15) is 11.6 Å². The molecular weight excluding hydrogens is 342 g/mol. The molecule has 0 saturated carbocycles. The summed E-state index contributed by atoms with van der Waals surface area (Å²) in [7, 11) is 0. The van der Waals surface area contributed by atoms with Crippen molar-refractivity contribution in [3.63, 3.8) is 0 Å². The van der Waals surface area contributed by atoms with Crippen molar-refractivity contribution >= 4 is 11.9 Å². The highest BCUT2D eigenvalue weighted by Gasteiger charge is 2.33. The van der Waals surface area contributed by atoms with E-state index in [1.807, 2.05) is 42.5 Å². The SMILES string of the molecule is CC(C)(C)OC(=O)[C@H](Cc1ccccc1)N(Cc1ccccn1)C(=O)CN. The van der Waals surface area contributed by atoms with Crippen LogP contribution in [0.15, 0.2) is 54.7 Å². The van der Waals surface area contributed by atoms with Gasteiger partial charge in [-0.3, -0.25) is 9.78 Å². The molecule has 6 nitrogen and oxygen atoms in total. The van der Waals surface area contributed by atoms with Gasteiger partial charge in [0.15, 0.2) is 0 Å². The van der Waals surface area contributed by atoms with Gasteiger partial charge in [0.05, 0.1) is 18.8 Å². The van der Waals surface area contributed by atoms with Crippen LogP contribution in [-0.4, -0.2) is 39.9 Å².